The third-order valence-electron chi connectivity index (χ3n) is 4.34. The van der Waals surface area contributed by atoms with Crippen molar-refractivity contribution >= 4 is 60.1 Å². The number of rotatable bonds is 6. The van der Waals surface area contributed by atoms with Crippen LogP contribution in [0.25, 0.3) is 10.9 Å². The summed E-state index contributed by atoms with van der Waals surface area (Å²) >= 11 is 7.01. The van der Waals surface area contributed by atoms with Gasteiger partial charge in [-0.2, -0.15) is 0 Å². The van der Waals surface area contributed by atoms with Gasteiger partial charge in [0.05, 0.1) is 18.8 Å². The van der Waals surface area contributed by atoms with Crippen LogP contribution in [0, 0.1) is 0 Å². The van der Waals surface area contributed by atoms with Crippen molar-refractivity contribution in [2.45, 2.75) is 6.54 Å². The number of benzene rings is 2. The number of fused-ring (bicyclic) bond motifs is 1. The Morgan fingerprint density at radius 3 is 2.52 bits per heavy atom. The van der Waals surface area contributed by atoms with Crippen molar-refractivity contribution in [2.75, 3.05) is 17.7 Å². The lowest BCUT2D eigenvalue weighted by molar-refractivity contribution is 0.414. The van der Waals surface area contributed by atoms with Crippen LogP contribution in [0.3, 0.4) is 0 Å². The Kier molecular flexibility index (Phi) is 5.92. The summed E-state index contributed by atoms with van der Waals surface area (Å²) in [5, 5.41) is 7.59. The Morgan fingerprint density at radius 2 is 1.76 bits per heavy atom. The molecule has 0 unspecified atom stereocenters. The summed E-state index contributed by atoms with van der Waals surface area (Å²) in [7, 11) is 1.66. The van der Waals surface area contributed by atoms with E-state index in [9.17, 15) is 0 Å². The van der Waals surface area contributed by atoms with Gasteiger partial charge in [-0.3, -0.25) is 0 Å². The monoisotopic (exact) mass is 513 g/mol. The molecule has 29 heavy (non-hydrogen) atoms. The van der Waals surface area contributed by atoms with E-state index in [-0.39, 0.29) is 0 Å². The van der Waals surface area contributed by atoms with E-state index in [1.54, 1.807) is 13.3 Å². The first-order valence-corrected chi connectivity index (χ1v) is 10.4. The van der Waals surface area contributed by atoms with Crippen molar-refractivity contribution in [2.24, 2.45) is 0 Å². The number of nitrogens with one attached hydrogen (secondary N) is 2. The average Bonchev–Trinajstić information content (AvgIpc) is 2.75. The molecule has 0 fully saturated rings. The zero-order valence-electron chi connectivity index (χ0n) is 15.5. The highest BCUT2D eigenvalue weighted by atomic mass is 79.9. The highest BCUT2D eigenvalue weighted by Gasteiger charge is 2.08. The molecule has 0 aliphatic rings. The maximum Gasteiger partial charge on any atom is 0.141 e. The van der Waals surface area contributed by atoms with Gasteiger partial charge in [-0.15, -0.1) is 0 Å². The summed E-state index contributed by atoms with van der Waals surface area (Å²) < 4.78 is 7.15. The first-order valence-electron chi connectivity index (χ1n) is 8.82. The molecule has 0 spiro atoms. The molecule has 2 heterocycles. The topological polar surface area (TPSA) is 72.0 Å². The lowest BCUT2D eigenvalue weighted by Gasteiger charge is -2.11. The molecule has 146 valence electrons. The number of methoxy groups -OCH3 is 1. The van der Waals surface area contributed by atoms with Gasteiger partial charge in [0.25, 0.3) is 0 Å². The van der Waals surface area contributed by atoms with Gasteiger partial charge in [0.15, 0.2) is 0 Å². The van der Waals surface area contributed by atoms with Crippen molar-refractivity contribution in [3.63, 3.8) is 0 Å². The van der Waals surface area contributed by atoms with E-state index in [2.05, 4.69) is 57.4 Å². The highest BCUT2D eigenvalue weighted by Crippen LogP contribution is 2.29. The van der Waals surface area contributed by atoms with Crippen LogP contribution in [0.1, 0.15) is 5.56 Å². The quantitative estimate of drug-likeness (QED) is 0.333. The van der Waals surface area contributed by atoms with Gasteiger partial charge in [-0.05, 0) is 73.8 Å². The molecule has 2 aromatic heterocycles. The Balaban J connectivity index is 1.57. The highest BCUT2D eigenvalue weighted by molar-refractivity contribution is 9.13. The maximum absolute atomic E-state index is 5.20. The van der Waals surface area contributed by atoms with Crippen molar-refractivity contribution in [3.8, 4) is 5.75 Å². The number of hydrogen-bond acceptors (Lipinski definition) is 6. The van der Waals surface area contributed by atoms with Gasteiger partial charge in [0.2, 0.25) is 0 Å². The van der Waals surface area contributed by atoms with Crippen LogP contribution < -0.4 is 15.4 Å². The fraction of sp³-hybridized carbons (Fsp3) is 0.0952. The van der Waals surface area contributed by atoms with Gasteiger partial charge in [-0.25, -0.2) is 15.0 Å². The molecule has 0 saturated heterocycles. The number of ether oxygens (including phenoxy) is 1. The second kappa shape index (κ2) is 8.75. The van der Waals surface area contributed by atoms with Crippen molar-refractivity contribution in [3.05, 3.63) is 75.6 Å². The predicted molar refractivity (Wildman–Crippen MR) is 123 cm³/mol. The van der Waals surface area contributed by atoms with E-state index < -0.39 is 0 Å². The molecule has 8 heteroatoms. The van der Waals surface area contributed by atoms with Gasteiger partial charge >= 0.3 is 0 Å². The van der Waals surface area contributed by atoms with E-state index in [4.69, 9.17) is 4.74 Å². The van der Waals surface area contributed by atoms with Crippen LogP contribution in [0.2, 0.25) is 0 Å². The minimum absolute atomic E-state index is 0.651. The third-order valence-corrected chi connectivity index (χ3v) is 6.22. The molecule has 4 aromatic rings. The molecule has 0 atom stereocenters. The van der Waals surface area contributed by atoms with E-state index in [0.29, 0.717) is 6.54 Å². The van der Waals surface area contributed by atoms with E-state index in [1.807, 2.05) is 48.5 Å². The molecule has 0 amide bonds. The molecule has 0 saturated carbocycles. The molecular formula is C21H17Br2N5O. The van der Waals surface area contributed by atoms with Crippen LogP contribution in [-0.4, -0.2) is 22.1 Å². The fourth-order valence-corrected chi connectivity index (χ4v) is 3.43. The Hall–Kier alpha value is -2.71. The molecule has 0 aliphatic carbocycles. The molecule has 6 nitrogen and oxygen atoms in total. The van der Waals surface area contributed by atoms with Gasteiger partial charge in [0, 0.05) is 26.6 Å². The molecule has 0 radical (unpaired) electrons. The standard InChI is InChI=1S/C21H17Br2N5O/c1-29-15-5-2-13(3-6-15)10-24-20-9-16-19(11-25-20)26-12-27-21(16)28-14-4-7-17(22)18(23)8-14/h2-9,11-12H,10H2,1H3,(H,24,25)(H,26,27,28). The number of aromatic nitrogens is 3. The van der Waals surface area contributed by atoms with E-state index in [0.717, 1.165) is 48.5 Å². The van der Waals surface area contributed by atoms with Crippen LogP contribution >= 0.6 is 31.9 Å². The van der Waals surface area contributed by atoms with Crippen LogP contribution in [0.5, 0.6) is 5.75 Å². The minimum Gasteiger partial charge on any atom is -0.497 e. The average molecular weight is 515 g/mol. The third kappa shape index (κ3) is 4.65. The fourth-order valence-electron chi connectivity index (χ4n) is 2.80. The summed E-state index contributed by atoms with van der Waals surface area (Å²) in [6.07, 6.45) is 3.28. The SMILES string of the molecule is COc1ccc(CNc2cc3c(Nc4ccc(Br)c(Br)c4)ncnc3cn2)cc1. The zero-order valence-corrected chi connectivity index (χ0v) is 18.7. The van der Waals surface area contributed by atoms with Crippen molar-refractivity contribution in [1.29, 1.82) is 0 Å². The molecule has 2 N–H and O–H groups in total. The summed E-state index contributed by atoms with van der Waals surface area (Å²) in [6.45, 7) is 0.651. The number of pyridine rings is 1. The largest absolute Gasteiger partial charge is 0.497 e. The normalized spacial score (nSPS) is 10.7. The summed E-state index contributed by atoms with van der Waals surface area (Å²) in [4.78, 5) is 13.2. The van der Waals surface area contributed by atoms with Gasteiger partial charge in [-0.1, -0.05) is 12.1 Å². The van der Waals surface area contributed by atoms with Crippen LogP contribution in [0.15, 0.2) is 70.0 Å². The lowest BCUT2D eigenvalue weighted by Crippen LogP contribution is -2.02. The zero-order chi connectivity index (χ0) is 20.2. The van der Waals surface area contributed by atoms with Crippen LogP contribution in [-0.2, 0) is 6.54 Å². The van der Waals surface area contributed by atoms with E-state index in [1.165, 1.54) is 6.33 Å². The van der Waals surface area contributed by atoms with Crippen molar-refractivity contribution < 1.29 is 4.74 Å². The molecular weight excluding hydrogens is 498 g/mol. The maximum atomic E-state index is 5.20. The smallest absolute Gasteiger partial charge is 0.141 e. The summed E-state index contributed by atoms with van der Waals surface area (Å²) in [6, 6.07) is 15.8. The van der Waals surface area contributed by atoms with Crippen molar-refractivity contribution in [1.82, 2.24) is 15.0 Å². The molecule has 2 aromatic carbocycles. The molecule has 0 aliphatic heterocycles. The molecule has 4 rings (SSSR count). The first-order chi connectivity index (χ1) is 14.1. The Morgan fingerprint density at radius 1 is 0.931 bits per heavy atom. The summed E-state index contributed by atoms with van der Waals surface area (Å²) in [5.74, 6) is 2.31. The van der Waals surface area contributed by atoms with Crippen LogP contribution in [0.4, 0.5) is 17.3 Å². The Labute approximate surface area is 185 Å². The minimum atomic E-state index is 0.651. The number of halogens is 2. The first kappa shape index (κ1) is 19.6. The number of hydrogen-bond donors (Lipinski definition) is 2. The number of anilines is 3. The second-order valence-electron chi connectivity index (χ2n) is 6.26. The number of nitrogens with zero attached hydrogens (tertiary/aromatic N) is 3. The molecule has 0 bridgehead atoms. The van der Waals surface area contributed by atoms with Gasteiger partial charge in [0.1, 0.15) is 23.7 Å². The lowest BCUT2D eigenvalue weighted by atomic mass is 10.2. The van der Waals surface area contributed by atoms with E-state index >= 15 is 0 Å². The second-order valence-corrected chi connectivity index (χ2v) is 7.97. The van der Waals surface area contributed by atoms with Gasteiger partial charge < -0.3 is 15.4 Å². The predicted octanol–water partition coefficient (Wildman–Crippen LogP) is 5.91. The Bertz CT molecular complexity index is 1150. The summed E-state index contributed by atoms with van der Waals surface area (Å²) in [5.41, 5.74) is 2.83.